The lowest BCUT2D eigenvalue weighted by Crippen LogP contribution is -2.11. The van der Waals surface area contributed by atoms with Crippen molar-refractivity contribution in [3.8, 4) is 0 Å². The van der Waals surface area contributed by atoms with E-state index in [2.05, 4.69) is 11.5 Å². The zero-order valence-corrected chi connectivity index (χ0v) is 15.0. The van der Waals surface area contributed by atoms with E-state index in [0.29, 0.717) is 5.69 Å². The van der Waals surface area contributed by atoms with Crippen molar-refractivity contribution in [1.82, 2.24) is 0 Å². The number of nitrogens with one attached hydrogen (secondary N) is 1. The normalized spacial score (nSPS) is 11.9. The third-order valence-electron chi connectivity index (χ3n) is 4.03. The summed E-state index contributed by atoms with van der Waals surface area (Å²) in [4.78, 5) is 0.120. The second kappa shape index (κ2) is 6.15. The Morgan fingerprint density at radius 3 is 2.52 bits per heavy atom. The van der Waals surface area contributed by atoms with Crippen molar-refractivity contribution in [2.45, 2.75) is 11.8 Å². The van der Waals surface area contributed by atoms with E-state index in [1.54, 1.807) is 12.1 Å². The van der Waals surface area contributed by atoms with E-state index in [9.17, 15) is 8.42 Å². The van der Waals surface area contributed by atoms with Gasteiger partial charge in [0, 0.05) is 15.5 Å². The lowest BCUT2D eigenvalue weighted by atomic mass is 10.1. The van der Waals surface area contributed by atoms with Crippen LogP contribution in [0, 0.1) is 6.92 Å². The Morgan fingerprint density at radius 1 is 0.960 bits per heavy atom. The van der Waals surface area contributed by atoms with Crippen LogP contribution in [0.4, 0.5) is 5.69 Å². The van der Waals surface area contributed by atoms with Crippen LogP contribution in [0.3, 0.4) is 0 Å². The van der Waals surface area contributed by atoms with Crippen LogP contribution < -0.4 is 5.48 Å². The molecule has 126 valence electrons. The summed E-state index contributed by atoms with van der Waals surface area (Å²) in [5.74, 6) is 0. The molecule has 0 aliphatic rings. The van der Waals surface area contributed by atoms with Crippen molar-refractivity contribution in [3.05, 3.63) is 71.6 Å². The van der Waals surface area contributed by atoms with Crippen LogP contribution in [0.25, 0.3) is 20.9 Å². The minimum absolute atomic E-state index is 0.120. The van der Waals surface area contributed by atoms with Crippen molar-refractivity contribution >= 4 is 48.0 Å². The highest BCUT2D eigenvalue weighted by Crippen LogP contribution is 2.36. The van der Waals surface area contributed by atoms with Gasteiger partial charge in [0.2, 0.25) is 0 Å². The number of aryl methyl sites for hydroxylation is 1. The van der Waals surface area contributed by atoms with E-state index in [1.165, 1.54) is 23.5 Å². The second-order valence-electron chi connectivity index (χ2n) is 5.76. The van der Waals surface area contributed by atoms with Crippen molar-refractivity contribution in [1.29, 1.82) is 0 Å². The first-order valence-electron chi connectivity index (χ1n) is 7.70. The smallest absolute Gasteiger partial charge is 0.248 e. The first-order chi connectivity index (χ1) is 12.0. The molecule has 0 radical (unpaired) electrons. The molecule has 4 rings (SSSR count). The molecule has 0 saturated carbocycles. The minimum Gasteiger partial charge on any atom is -0.248 e. The van der Waals surface area contributed by atoms with Gasteiger partial charge in [0.05, 0.1) is 10.6 Å². The zero-order chi connectivity index (χ0) is 17.4. The summed E-state index contributed by atoms with van der Waals surface area (Å²) in [6.07, 6.45) is 0. The Kier molecular flexibility index (Phi) is 3.95. The molecule has 0 aliphatic carbocycles. The van der Waals surface area contributed by atoms with Crippen molar-refractivity contribution < 1.29 is 12.7 Å². The zero-order valence-electron chi connectivity index (χ0n) is 13.4. The van der Waals surface area contributed by atoms with E-state index >= 15 is 0 Å². The van der Waals surface area contributed by atoms with Crippen LogP contribution >= 0.6 is 11.3 Å². The molecule has 1 aromatic heterocycles. The Hall–Kier alpha value is -2.41. The lowest BCUT2D eigenvalue weighted by Gasteiger charge is -2.08. The van der Waals surface area contributed by atoms with E-state index in [4.69, 9.17) is 4.28 Å². The number of fused-ring (bicyclic) bond motifs is 3. The highest BCUT2D eigenvalue weighted by Gasteiger charge is 2.17. The summed E-state index contributed by atoms with van der Waals surface area (Å²) in [7, 11) is -3.88. The molecule has 0 fully saturated rings. The number of hydrogen-bond acceptors (Lipinski definition) is 5. The summed E-state index contributed by atoms with van der Waals surface area (Å²) in [6.45, 7) is 1.90. The summed E-state index contributed by atoms with van der Waals surface area (Å²) in [5.41, 5.74) is 4.27. The summed E-state index contributed by atoms with van der Waals surface area (Å²) >= 11 is 1.54. The van der Waals surface area contributed by atoms with Crippen LogP contribution in [0.2, 0.25) is 0 Å². The molecule has 0 unspecified atom stereocenters. The van der Waals surface area contributed by atoms with Crippen LogP contribution in [-0.2, 0) is 14.4 Å². The molecule has 0 aliphatic heterocycles. The standard InChI is InChI=1S/C19H15NO3S2/c1-13-6-9-15(10-7-13)25(21,22)23-20-17-12-24-18-11-8-14-4-2-3-5-16(14)19(17)18/h2-12,20H,1H3. The van der Waals surface area contributed by atoms with Gasteiger partial charge in [0.15, 0.2) is 0 Å². The largest absolute Gasteiger partial charge is 0.317 e. The van der Waals surface area contributed by atoms with Crippen LogP contribution in [0.15, 0.2) is 70.9 Å². The molecule has 1 heterocycles. The van der Waals surface area contributed by atoms with Gasteiger partial charge < -0.3 is 0 Å². The average Bonchev–Trinajstić information content (AvgIpc) is 3.04. The molecule has 0 saturated heterocycles. The van der Waals surface area contributed by atoms with Crippen molar-refractivity contribution in [2.24, 2.45) is 0 Å². The van der Waals surface area contributed by atoms with Gasteiger partial charge in [0.25, 0.3) is 0 Å². The molecule has 0 bridgehead atoms. The van der Waals surface area contributed by atoms with E-state index in [-0.39, 0.29) is 4.90 Å². The number of hydrogen-bond donors (Lipinski definition) is 1. The van der Waals surface area contributed by atoms with E-state index < -0.39 is 10.1 Å². The Balaban J connectivity index is 1.69. The Bertz CT molecular complexity index is 1160. The molecule has 3 aromatic carbocycles. The maximum atomic E-state index is 12.4. The lowest BCUT2D eigenvalue weighted by molar-refractivity contribution is 0.391. The number of thiophene rings is 1. The first kappa shape index (κ1) is 16.1. The summed E-state index contributed by atoms with van der Waals surface area (Å²) in [6, 6.07) is 18.6. The second-order valence-corrected chi connectivity index (χ2v) is 8.22. The van der Waals surface area contributed by atoms with Gasteiger partial charge in [0.1, 0.15) is 0 Å². The highest BCUT2D eigenvalue weighted by molar-refractivity contribution is 7.86. The predicted molar refractivity (Wildman–Crippen MR) is 102 cm³/mol. The van der Waals surface area contributed by atoms with Gasteiger partial charge in [-0.1, -0.05) is 48.0 Å². The van der Waals surface area contributed by atoms with Gasteiger partial charge in [-0.05, 0) is 35.9 Å². The monoisotopic (exact) mass is 369 g/mol. The Labute approximate surface area is 149 Å². The molecule has 4 aromatic rings. The third-order valence-corrected chi connectivity index (χ3v) is 6.13. The maximum Gasteiger partial charge on any atom is 0.317 e. The van der Waals surface area contributed by atoms with Gasteiger partial charge in [-0.3, -0.25) is 0 Å². The summed E-state index contributed by atoms with van der Waals surface area (Å²) in [5, 5.41) is 4.97. The average molecular weight is 369 g/mol. The first-order valence-corrected chi connectivity index (χ1v) is 9.98. The van der Waals surface area contributed by atoms with Gasteiger partial charge in [-0.15, -0.1) is 15.6 Å². The summed E-state index contributed by atoms with van der Waals surface area (Å²) < 4.78 is 30.9. The fourth-order valence-electron chi connectivity index (χ4n) is 2.74. The highest BCUT2D eigenvalue weighted by atomic mass is 32.2. The molecule has 25 heavy (non-hydrogen) atoms. The van der Waals surface area contributed by atoms with Crippen LogP contribution in [0.1, 0.15) is 5.56 Å². The van der Waals surface area contributed by atoms with Crippen molar-refractivity contribution in [3.63, 3.8) is 0 Å². The molecule has 0 amide bonds. The van der Waals surface area contributed by atoms with Gasteiger partial charge in [-0.25, -0.2) is 5.48 Å². The molecular formula is C19H15NO3S2. The van der Waals surface area contributed by atoms with E-state index in [1.807, 2.05) is 42.6 Å². The Morgan fingerprint density at radius 2 is 1.72 bits per heavy atom. The number of anilines is 1. The third kappa shape index (κ3) is 3.00. The van der Waals surface area contributed by atoms with E-state index in [0.717, 1.165) is 26.4 Å². The number of rotatable bonds is 4. The molecule has 6 heteroatoms. The minimum atomic E-state index is -3.88. The fourth-order valence-corrected chi connectivity index (χ4v) is 4.40. The van der Waals surface area contributed by atoms with Crippen molar-refractivity contribution in [2.75, 3.05) is 5.48 Å². The van der Waals surface area contributed by atoms with Gasteiger partial charge >= 0.3 is 10.1 Å². The molecule has 4 nitrogen and oxygen atoms in total. The topological polar surface area (TPSA) is 55.4 Å². The predicted octanol–water partition coefficient (Wildman–Crippen LogP) is 5.10. The van der Waals surface area contributed by atoms with Gasteiger partial charge in [-0.2, -0.15) is 8.42 Å². The SMILES string of the molecule is Cc1ccc(S(=O)(=O)ONc2csc3ccc4ccccc4c23)cc1. The molecular weight excluding hydrogens is 354 g/mol. The number of benzene rings is 3. The van der Waals surface area contributed by atoms with Crippen LogP contribution in [-0.4, -0.2) is 8.42 Å². The molecule has 1 N–H and O–H groups in total. The van der Waals surface area contributed by atoms with Crippen LogP contribution in [0.5, 0.6) is 0 Å². The molecule has 0 atom stereocenters. The maximum absolute atomic E-state index is 12.4. The molecule has 0 spiro atoms. The quantitative estimate of drug-likeness (QED) is 0.509. The fraction of sp³-hybridized carbons (Fsp3) is 0.0526.